The summed E-state index contributed by atoms with van der Waals surface area (Å²) in [6.07, 6.45) is 0. The number of hydrogen-bond donors (Lipinski definition) is 0. The Labute approximate surface area is 155 Å². The summed E-state index contributed by atoms with van der Waals surface area (Å²) in [4.78, 5) is 2.25. The average Bonchev–Trinajstić information content (AvgIpc) is 2.75. The lowest BCUT2D eigenvalue weighted by atomic mass is 10.0. The molecule has 0 aromatic heterocycles. The Kier molecular flexibility index (Phi) is 4.53. The van der Waals surface area contributed by atoms with Gasteiger partial charge in [0.15, 0.2) is 0 Å². The van der Waals surface area contributed by atoms with Crippen LogP contribution in [-0.4, -0.2) is 7.05 Å². The number of para-hydroxylation sites is 1. The Bertz CT molecular complexity index is 973. The van der Waals surface area contributed by atoms with Gasteiger partial charge in [-0.05, 0) is 34.9 Å². The van der Waals surface area contributed by atoms with Gasteiger partial charge >= 0.3 is 0 Å². The summed E-state index contributed by atoms with van der Waals surface area (Å²) in [7, 11) is 2.12. The van der Waals surface area contributed by atoms with E-state index in [4.69, 9.17) is 0 Å². The van der Waals surface area contributed by atoms with Gasteiger partial charge < -0.3 is 4.90 Å². The maximum atomic E-state index is 2.25. The molecule has 0 aliphatic heterocycles. The fraction of sp³-hybridized carbons (Fsp3) is 0.0400. The quantitative estimate of drug-likeness (QED) is 0.397. The number of nitrogens with zero attached hydrogens (tertiary/aromatic N) is 1. The SMILES string of the molecule is CN(c1ccc(-c2ccccc2)cc1)c1ccccc1-c1ccccc1. The lowest BCUT2D eigenvalue weighted by Gasteiger charge is -2.23. The number of benzene rings is 4. The summed E-state index contributed by atoms with van der Waals surface area (Å²) in [5.74, 6) is 0. The molecule has 1 heteroatoms. The Hall–Kier alpha value is -3.32. The van der Waals surface area contributed by atoms with E-state index in [1.165, 1.54) is 33.6 Å². The maximum Gasteiger partial charge on any atom is 0.0487 e. The first-order valence-electron chi connectivity index (χ1n) is 8.86. The molecule has 0 spiro atoms. The van der Waals surface area contributed by atoms with Crippen molar-refractivity contribution in [3.8, 4) is 22.3 Å². The monoisotopic (exact) mass is 335 g/mol. The van der Waals surface area contributed by atoms with Crippen LogP contribution in [0.25, 0.3) is 22.3 Å². The molecule has 0 heterocycles. The van der Waals surface area contributed by atoms with Gasteiger partial charge in [0.05, 0.1) is 0 Å². The molecule has 0 bridgehead atoms. The van der Waals surface area contributed by atoms with E-state index in [0.29, 0.717) is 0 Å². The van der Waals surface area contributed by atoms with Crippen LogP contribution >= 0.6 is 0 Å². The summed E-state index contributed by atoms with van der Waals surface area (Å²) in [5.41, 5.74) is 7.32. The van der Waals surface area contributed by atoms with Gasteiger partial charge in [0, 0.05) is 24.0 Å². The molecule has 0 unspecified atom stereocenters. The molecule has 0 atom stereocenters. The molecule has 26 heavy (non-hydrogen) atoms. The molecular formula is C25H21N. The predicted octanol–water partition coefficient (Wildman–Crippen LogP) is 6.79. The third-order valence-electron chi connectivity index (χ3n) is 4.71. The van der Waals surface area contributed by atoms with Gasteiger partial charge in [-0.2, -0.15) is 0 Å². The van der Waals surface area contributed by atoms with E-state index in [1.807, 2.05) is 6.07 Å². The van der Waals surface area contributed by atoms with E-state index in [2.05, 4.69) is 115 Å². The van der Waals surface area contributed by atoms with Crippen molar-refractivity contribution in [2.45, 2.75) is 0 Å². The molecular weight excluding hydrogens is 314 g/mol. The molecule has 0 aliphatic carbocycles. The minimum atomic E-state index is 1.17. The Morgan fingerprint density at radius 2 is 0.962 bits per heavy atom. The van der Waals surface area contributed by atoms with Crippen molar-refractivity contribution < 1.29 is 0 Å². The van der Waals surface area contributed by atoms with Crippen molar-refractivity contribution >= 4 is 11.4 Å². The molecule has 0 fully saturated rings. The van der Waals surface area contributed by atoms with E-state index >= 15 is 0 Å². The van der Waals surface area contributed by atoms with E-state index in [9.17, 15) is 0 Å². The van der Waals surface area contributed by atoms with Crippen molar-refractivity contribution in [3.05, 3.63) is 109 Å². The van der Waals surface area contributed by atoms with Gasteiger partial charge in [-0.15, -0.1) is 0 Å². The van der Waals surface area contributed by atoms with Gasteiger partial charge in [-0.25, -0.2) is 0 Å². The van der Waals surface area contributed by atoms with E-state index in [1.54, 1.807) is 0 Å². The lowest BCUT2D eigenvalue weighted by Crippen LogP contribution is -2.10. The second-order valence-electron chi connectivity index (χ2n) is 6.36. The minimum Gasteiger partial charge on any atom is -0.344 e. The average molecular weight is 335 g/mol. The topological polar surface area (TPSA) is 3.24 Å². The fourth-order valence-electron chi connectivity index (χ4n) is 3.28. The maximum absolute atomic E-state index is 2.25. The zero-order valence-electron chi connectivity index (χ0n) is 14.8. The Morgan fingerprint density at radius 3 is 1.62 bits per heavy atom. The smallest absolute Gasteiger partial charge is 0.0487 e. The summed E-state index contributed by atoms with van der Waals surface area (Å²) >= 11 is 0. The number of rotatable bonds is 4. The van der Waals surface area contributed by atoms with E-state index in [-0.39, 0.29) is 0 Å². The molecule has 1 nitrogen and oxygen atoms in total. The van der Waals surface area contributed by atoms with Crippen molar-refractivity contribution in [2.24, 2.45) is 0 Å². The van der Waals surface area contributed by atoms with Gasteiger partial charge in [0.25, 0.3) is 0 Å². The Morgan fingerprint density at radius 1 is 0.462 bits per heavy atom. The third kappa shape index (κ3) is 3.25. The van der Waals surface area contributed by atoms with E-state index < -0.39 is 0 Å². The summed E-state index contributed by atoms with van der Waals surface area (Å²) in [6, 6.07) is 38.3. The van der Waals surface area contributed by atoms with Crippen molar-refractivity contribution in [3.63, 3.8) is 0 Å². The van der Waals surface area contributed by atoms with Crippen LogP contribution in [0.15, 0.2) is 109 Å². The summed E-state index contributed by atoms with van der Waals surface area (Å²) < 4.78 is 0. The summed E-state index contributed by atoms with van der Waals surface area (Å²) in [5, 5.41) is 0. The van der Waals surface area contributed by atoms with Gasteiger partial charge in [0.1, 0.15) is 0 Å². The number of anilines is 2. The lowest BCUT2D eigenvalue weighted by molar-refractivity contribution is 1.21. The normalized spacial score (nSPS) is 10.5. The van der Waals surface area contributed by atoms with Crippen LogP contribution in [0.1, 0.15) is 0 Å². The zero-order valence-corrected chi connectivity index (χ0v) is 14.8. The first-order chi connectivity index (χ1) is 12.8. The minimum absolute atomic E-state index is 1.17. The molecule has 4 rings (SSSR count). The first-order valence-corrected chi connectivity index (χ1v) is 8.86. The van der Waals surface area contributed by atoms with Crippen LogP contribution in [0.4, 0.5) is 11.4 Å². The first kappa shape index (κ1) is 16.2. The van der Waals surface area contributed by atoms with Crippen molar-refractivity contribution in [1.29, 1.82) is 0 Å². The zero-order chi connectivity index (χ0) is 17.8. The van der Waals surface area contributed by atoms with Gasteiger partial charge in [0.2, 0.25) is 0 Å². The highest BCUT2D eigenvalue weighted by molar-refractivity contribution is 5.82. The summed E-state index contributed by atoms with van der Waals surface area (Å²) in [6.45, 7) is 0. The van der Waals surface area contributed by atoms with Gasteiger partial charge in [-0.3, -0.25) is 0 Å². The van der Waals surface area contributed by atoms with Crippen LogP contribution in [0.3, 0.4) is 0 Å². The highest BCUT2D eigenvalue weighted by Gasteiger charge is 2.10. The highest BCUT2D eigenvalue weighted by atomic mass is 15.1. The molecule has 126 valence electrons. The predicted molar refractivity (Wildman–Crippen MR) is 112 cm³/mol. The highest BCUT2D eigenvalue weighted by Crippen LogP contribution is 2.34. The molecule has 0 saturated heterocycles. The Balaban J connectivity index is 1.68. The largest absolute Gasteiger partial charge is 0.344 e. The fourth-order valence-corrected chi connectivity index (χ4v) is 3.28. The molecule has 4 aromatic carbocycles. The third-order valence-corrected chi connectivity index (χ3v) is 4.71. The van der Waals surface area contributed by atoms with Crippen molar-refractivity contribution in [1.82, 2.24) is 0 Å². The van der Waals surface area contributed by atoms with Gasteiger partial charge in [-0.1, -0.05) is 91.0 Å². The van der Waals surface area contributed by atoms with E-state index in [0.717, 1.165) is 0 Å². The molecule has 0 N–H and O–H groups in total. The molecule has 0 radical (unpaired) electrons. The second kappa shape index (κ2) is 7.28. The number of hydrogen-bond acceptors (Lipinski definition) is 1. The van der Waals surface area contributed by atoms with Crippen LogP contribution in [-0.2, 0) is 0 Å². The van der Waals surface area contributed by atoms with Crippen LogP contribution in [0.5, 0.6) is 0 Å². The molecule has 0 amide bonds. The van der Waals surface area contributed by atoms with Crippen LogP contribution in [0, 0.1) is 0 Å². The standard InChI is InChI=1S/C25H21N/c1-26(23-18-16-21(17-19-23)20-10-4-2-5-11-20)25-15-9-8-14-24(25)22-12-6-3-7-13-22/h2-19H,1H3. The molecule has 0 saturated carbocycles. The molecule has 0 aliphatic rings. The van der Waals surface area contributed by atoms with Crippen LogP contribution in [0.2, 0.25) is 0 Å². The van der Waals surface area contributed by atoms with Crippen molar-refractivity contribution in [2.75, 3.05) is 11.9 Å². The second-order valence-corrected chi connectivity index (χ2v) is 6.36. The molecule has 4 aromatic rings. The van der Waals surface area contributed by atoms with Crippen LogP contribution < -0.4 is 4.90 Å².